The quantitative estimate of drug-likeness (QED) is 0.816. The second-order valence-electron chi connectivity index (χ2n) is 4.52. The number of nitrogens with one attached hydrogen (secondary N) is 1. The van der Waals surface area contributed by atoms with Gasteiger partial charge in [-0.2, -0.15) is 0 Å². The van der Waals surface area contributed by atoms with Crippen LogP contribution in [0.2, 0.25) is 0 Å². The number of hydrogen-bond acceptors (Lipinski definition) is 3. The van der Waals surface area contributed by atoms with Gasteiger partial charge in [-0.05, 0) is 17.2 Å². The molecular weight excluding hydrogens is 346 g/mol. The number of carbonyl (C=O) groups excluding carboxylic acids is 2. The lowest BCUT2D eigenvalue weighted by atomic mass is 10.00. The van der Waals surface area contributed by atoms with Crippen molar-refractivity contribution < 1.29 is 14.7 Å². The van der Waals surface area contributed by atoms with Gasteiger partial charge < -0.3 is 15.2 Å². The van der Waals surface area contributed by atoms with Crippen LogP contribution in [-0.2, 0) is 9.59 Å². The average Bonchev–Trinajstić information content (AvgIpc) is 2.56. The monoisotopic (exact) mass is 363 g/mol. The van der Waals surface area contributed by atoms with E-state index in [1.54, 1.807) is 0 Å². The van der Waals surface area contributed by atoms with Crippen LogP contribution in [0.4, 0.5) is 5.69 Å². The molecule has 0 radical (unpaired) electrons. The minimum Gasteiger partial charge on any atom is -0.388 e. The maximum Gasteiger partial charge on any atom is 0.221 e. The Labute approximate surface area is 138 Å². The molecule has 22 heavy (non-hydrogen) atoms. The first-order chi connectivity index (χ1) is 10.6. The van der Waals surface area contributed by atoms with Gasteiger partial charge in [0.25, 0.3) is 0 Å². The van der Waals surface area contributed by atoms with Crippen LogP contribution in [0, 0.1) is 0 Å². The first kappa shape index (κ1) is 18.1. The highest BCUT2D eigenvalue weighted by atomic mass is 79.9. The first-order valence-electron chi connectivity index (χ1n) is 6.61. The molecule has 0 heterocycles. The highest BCUT2D eigenvalue weighted by Crippen LogP contribution is 2.31. The average molecular weight is 364 g/mol. The van der Waals surface area contributed by atoms with Gasteiger partial charge >= 0.3 is 0 Å². The molecule has 2 aromatic carbocycles. The van der Waals surface area contributed by atoms with E-state index >= 15 is 0 Å². The largest absolute Gasteiger partial charge is 0.388 e. The van der Waals surface area contributed by atoms with E-state index in [4.69, 9.17) is 4.79 Å². The summed E-state index contributed by atoms with van der Waals surface area (Å²) in [6.45, 7) is 3.47. The van der Waals surface area contributed by atoms with Crippen molar-refractivity contribution in [2.75, 3.05) is 10.6 Å². The van der Waals surface area contributed by atoms with Crippen LogP contribution in [0.3, 0.4) is 0 Å². The van der Waals surface area contributed by atoms with Crippen molar-refractivity contribution in [3.63, 3.8) is 0 Å². The van der Waals surface area contributed by atoms with Gasteiger partial charge in [-0.15, -0.1) is 0 Å². The molecule has 0 aliphatic carbocycles. The third-order valence-corrected chi connectivity index (χ3v) is 3.58. The van der Waals surface area contributed by atoms with Crippen LogP contribution < -0.4 is 5.32 Å². The number of halogens is 1. The van der Waals surface area contributed by atoms with Crippen LogP contribution in [0.1, 0.15) is 18.6 Å². The summed E-state index contributed by atoms with van der Waals surface area (Å²) in [5, 5.41) is 13.2. The van der Waals surface area contributed by atoms with Gasteiger partial charge in [-0.1, -0.05) is 58.4 Å². The number of anilines is 1. The van der Waals surface area contributed by atoms with Gasteiger partial charge in [0.05, 0.1) is 6.10 Å². The maximum absolute atomic E-state index is 11.4. The molecule has 0 bridgehead atoms. The minimum absolute atomic E-state index is 0.132. The minimum atomic E-state index is -0.590. The molecular formula is C17H18BrNO3. The van der Waals surface area contributed by atoms with Crippen molar-refractivity contribution >= 4 is 34.3 Å². The van der Waals surface area contributed by atoms with E-state index in [0.29, 0.717) is 11.0 Å². The van der Waals surface area contributed by atoms with Crippen LogP contribution in [0.15, 0.2) is 48.5 Å². The molecule has 0 fully saturated rings. The fraction of sp³-hybridized carbons (Fsp3) is 0.176. The van der Waals surface area contributed by atoms with E-state index in [1.807, 2.05) is 55.3 Å². The number of carbonyl (C=O) groups is 2. The van der Waals surface area contributed by atoms with Crippen molar-refractivity contribution in [1.29, 1.82) is 0 Å². The number of aliphatic hydroxyl groups excluding tert-OH is 1. The molecule has 5 heteroatoms. The van der Waals surface area contributed by atoms with Crippen molar-refractivity contribution in [3.8, 4) is 11.1 Å². The zero-order valence-electron chi connectivity index (χ0n) is 12.3. The smallest absolute Gasteiger partial charge is 0.221 e. The van der Waals surface area contributed by atoms with Crippen LogP contribution >= 0.6 is 15.9 Å². The highest BCUT2D eigenvalue weighted by molar-refractivity contribution is 9.09. The van der Waals surface area contributed by atoms with Crippen LogP contribution in [-0.4, -0.2) is 23.1 Å². The van der Waals surface area contributed by atoms with Gasteiger partial charge in [-0.3, -0.25) is 4.79 Å². The molecule has 0 aliphatic rings. The molecule has 2 aromatic rings. The summed E-state index contributed by atoms with van der Waals surface area (Å²) in [4.78, 5) is 19.4. The van der Waals surface area contributed by atoms with Crippen molar-refractivity contribution in [2.45, 2.75) is 13.0 Å². The van der Waals surface area contributed by atoms with Crippen molar-refractivity contribution in [2.24, 2.45) is 0 Å². The van der Waals surface area contributed by atoms with Gasteiger partial charge in [0.2, 0.25) is 5.91 Å². The number of alkyl halides is 1. The Hall–Kier alpha value is -1.98. The van der Waals surface area contributed by atoms with Crippen molar-refractivity contribution in [3.05, 3.63) is 54.1 Å². The number of hydrogen-bond donors (Lipinski definition) is 2. The second-order valence-corrected chi connectivity index (χ2v) is 5.17. The third kappa shape index (κ3) is 4.79. The molecule has 2 N–H and O–H groups in total. The number of rotatable bonds is 4. The van der Waals surface area contributed by atoms with Crippen LogP contribution in [0.25, 0.3) is 11.1 Å². The van der Waals surface area contributed by atoms with Crippen molar-refractivity contribution in [1.82, 2.24) is 0 Å². The molecule has 0 saturated carbocycles. The third-order valence-electron chi connectivity index (χ3n) is 2.97. The Morgan fingerprint density at radius 3 is 2.41 bits per heavy atom. The number of amides is 1. The van der Waals surface area contributed by atoms with Gasteiger partial charge in [0.1, 0.15) is 6.79 Å². The molecule has 0 spiro atoms. The molecule has 4 nitrogen and oxygen atoms in total. The standard InChI is InChI=1S/C16H16BrNO2.CH2O/c1-11(19)18-15-9-13(16(20)10-17)7-8-14(15)12-5-3-2-4-6-12;1-2/h2-9,16,20H,10H2,1H3,(H,18,19);1H2/t16-;/m1./s1. The lowest BCUT2D eigenvalue weighted by Crippen LogP contribution is -2.08. The lowest BCUT2D eigenvalue weighted by Gasteiger charge is -2.14. The Morgan fingerprint density at radius 1 is 1.23 bits per heavy atom. The Kier molecular flexibility index (Phi) is 7.49. The summed E-state index contributed by atoms with van der Waals surface area (Å²) in [7, 11) is 0. The summed E-state index contributed by atoms with van der Waals surface area (Å²) in [6.07, 6.45) is -0.590. The van der Waals surface area contributed by atoms with Crippen LogP contribution in [0.5, 0.6) is 0 Å². The maximum atomic E-state index is 11.4. The highest BCUT2D eigenvalue weighted by Gasteiger charge is 2.11. The fourth-order valence-corrected chi connectivity index (χ4v) is 2.39. The molecule has 1 amide bonds. The van der Waals surface area contributed by atoms with Gasteiger partial charge in [0, 0.05) is 23.5 Å². The predicted octanol–water partition coefficient (Wildman–Crippen LogP) is 3.56. The summed E-state index contributed by atoms with van der Waals surface area (Å²) < 4.78 is 0. The summed E-state index contributed by atoms with van der Waals surface area (Å²) in [6, 6.07) is 15.4. The van der Waals surface area contributed by atoms with E-state index in [0.717, 1.165) is 16.7 Å². The number of aliphatic hydroxyl groups is 1. The first-order valence-corrected chi connectivity index (χ1v) is 7.74. The molecule has 0 aromatic heterocycles. The lowest BCUT2D eigenvalue weighted by molar-refractivity contribution is -0.114. The summed E-state index contributed by atoms with van der Waals surface area (Å²) >= 11 is 3.25. The van der Waals surface area contributed by atoms with E-state index in [-0.39, 0.29) is 5.91 Å². The number of benzene rings is 2. The molecule has 1 atom stereocenters. The Bertz CT molecular complexity index is 617. The van der Waals surface area contributed by atoms with E-state index in [9.17, 15) is 9.90 Å². The SMILES string of the molecule is C=O.CC(=O)Nc1cc([C@H](O)CBr)ccc1-c1ccccc1. The van der Waals surface area contributed by atoms with E-state index < -0.39 is 6.10 Å². The molecule has 0 aliphatic heterocycles. The zero-order valence-corrected chi connectivity index (χ0v) is 13.8. The molecule has 0 saturated heterocycles. The molecule has 116 valence electrons. The Balaban J connectivity index is 0.00000116. The summed E-state index contributed by atoms with van der Waals surface area (Å²) in [5.74, 6) is -0.132. The predicted molar refractivity (Wildman–Crippen MR) is 92.1 cm³/mol. The van der Waals surface area contributed by atoms with Gasteiger partial charge in [0.15, 0.2) is 0 Å². The second kappa shape index (κ2) is 9.12. The van der Waals surface area contributed by atoms with E-state index in [2.05, 4.69) is 21.2 Å². The topological polar surface area (TPSA) is 66.4 Å². The van der Waals surface area contributed by atoms with Gasteiger partial charge in [-0.25, -0.2) is 0 Å². The summed E-state index contributed by atoms with van der Waals surface area (Å²) in [5.41, 5.74) is 3.44. The molecule has 0 unspecified atom stereocenters. The fourth-order valence-electron chi connectivity index (χ4n) is 2.02. The zero-order chi connectivity index (χ0) is 16.5. The Morgan fingerprint density at radius 2 is 1.86 bits per heavy atom. The van der Waals surface area contributed by atoms with E-state index in [1.165, 1.54) is 6.92 Å². The normalized spacial score (nSPS) is 11.0. The molecule has 2 rings (SSSR count).